The molecule has 0 atom stereocenters. The van der Waals surface area contributed by atoms with Gasteiger partial charge in [-0.05, 0) is 29.8 Å². The van der Waals surface area contributed by atoms with Gasteiger partial charge in [0.25, 0.3) is 0 Å². The van der Waals surface area contributed by atoms with Crippen LogP contribution in [0.4, 0.5) is 0 Å². The van der Waals surface area contributed by atoms with Crippen LogP contribution in [0.3, 0.4) is 0 Å². The second-order valence-corrected chi connectivity index (χ2v) is 6.75. The predicted molar refractivity (Wildman–Crippen MR) is 99.1 cm³/mol. The van der Waals surface area contributed by atoms with Crippen LogP contribution in [0.25, 0.3) is 5.65 Å². The highest BCUT2D eigenvalue weighted by Gasteiger charge is 2.18. The summed E-state index contributed by atoms with van der Waals surface area (Å²) in [6, 6.07) is 13.2. The molecule has 1 N–H and O–H groups in total. The molecule has 1 saturated heterocycles. The zero-order chi connectivity index (χ0) is 17.9. The van der Waals surface area contributed by atoms with E-state index in [2.05, 4.69) is 25.4 Å². The molecule has 6 nitrogen and oxygen atoms in total. The molecule has 26 heavy (non-hydrogen) atoms. The van der Waals surface area contributed by atoms with E-state index >= 15 is 0 Å². The van der Waals surface area contributed by atoms with Gasteiger partial charge >= 0.3 is 5.97 Å². The summed E-state index contributed by atoms with van der Waals surface area (Å²) < 4.78 is 2.06. The van der Waals surface area contributed by atoms with Gasteiger partial charge in [0.15, 0.2) is 0 Å². The number of carboxylic acid groups (broad SMARTS) is 1. The van der Waals surface area contributed by atoms with Gasteiger partial charge in [-0.2, -0.15) is 0 Å². The molecule has 134 valence electrons. The van der Waals surface area contributed by atoms with Gasteiger partial charge in [0, 0.05) is 51.7 Å². The molecule has 0 bridgehead atoms. The molecule has 2 aromatic heterocycles. The molecule has 0 unspecified atom stereocenters. The first-order valence-corrected chi connectivity index (χ1v) is 8.87. The highest BCUT2D eigenvalue weighted by Crippen LogP contribution is 2.13. The maximum atomic E-state index is 10.9. The highest BCUT2D eigenvalue weighted by atomic mass is 16.4. The van der Waals surface area contributed by atoms with E-state index in [0.29, 0.717) is 5.56 Å². The topological polar surface area (TPSA) is 61.1 Å². The number of carbonyl (C=O) groups is 1. The van der Waals surface area contributed by atoms with Crippen molar-refractivity contribution in [2.75, 3.05) is 26.2 Å². The van der Waals surface area contributed by atoms with E-state index in [1.165, 1.54) is 0 Å². The second kappa shape index (κ2) is 7.27. The van der Waals surface area contributed by atoms with E-state index in [1.807, 2.05) is 36.5 Å². The number of piperazine rings is 1. The van der Waals surface area contributed by atoms with Crippen molar-refractivity contribution in [3.63, 3.8) is 0 Å². The van der Waals surface area contributed by atoms with Gasteiger partial charge in [-0.15, -0.1) is 0 Å². The first-order valence-electron chi connectivity index (χ1n) is 8.87. The van der Waals surface area contributed by atoms with Gasteiger partial charge in [0.05, 0.1) is 11.3 Å². The first-order chi connectivity index (χ1) is 12.7. The van der Waals surface area contributed by atoms with Crippen molar-refractivity contribution < 1.29 is 9.90 Å². The van der Waals surface area contributed by atoms with E-state index in [1.54, 1.807) is 12.1 Å². The fourth-order valence-electron chi connectivity index (χ4n) is 3.41. The Bertz CT molecular complexity index is 863. The number of aromatic nitrogens is 2. The van der Waals surface area contributed by atoms with E-state index in [9.17, 15) is 4.79 Å². The zero-order valence-corrected chi connectivity index (χ0v) is 14.6. The van der Waals surface area contributed by atoms with Crippen molar-refractivity contribution in [1.29, 1.82) is 0 Å². The molecule has 0 radical (unpaired) electrons. The number of hydrogen-bond acceptors (Lipinski definition) is 4. The second-order valence-electron chi connectivity index (χ2n) is 6.75. The first kappa shape index (κ1) is 16.8. The minimum Gasteiger partial charge on any atom is -0.478 e. The van der Waals surface area contributed by atoms with Crippen molar-refractivity contribution in [2.24, 2.45) is 0 Å². The number of benzene rings is 1. The lowest BCUT2D eigenvalue weighted by atomic mass is 10.1. The Morgan fingerprint density at radius 3 is 2.31 bits per heavy atom. The largest absolute Gasteiger partial charge is 0.478 e. The van der Waals surface area contributed by atoms with Gasteiger partial charge in [0.1, 0.15) is 5.65 Å². The number of rotatable bonds is 5. The average Bonchev–Trinajstić information content (AvgIpc) is 3.06. The van der Waals surface area contributed by atoms with Crippen molar-refractivity contribution in [3.8, 4) is 0 Å². The number of hydrogen-bond donors (Lipinski definition) is 1. The third-order valence-corrected chi connectivity index (χ3v) is 4.87. The Hall–Kier alpha value is -2.70. The molecule has 1 aliphatic heterocycles. The number of nitrogens with zero attached hydrogens (tertiary/aromatic N) is 4. The molecular weight excluding hydrogens is 328 g/mol. The van der Waals surface area contributed by atoms with Crippen molar-refractivity contribution >= 4 is 11.6 Å². The van der Waals surface area contributed by atoms with Crippen molar-refractivity contribution in [2.45, 2.75) is 13.1 Å². The van der Waals surface area contributed by atoms with E-state index in [0.717, 1.165) is 56.2 Å². The van der Waals surface area contributed by atoms with Crippen LogP contribution in [0, 0.1) is 0 Å². The molecule has 3 heterocycles. The van der Waals surface area contributed by atoms with E-state index < -0.39 is 5.97 Å². The zero-order valence-electron chi connectivity index (χ0n) is 14.6. The van der Waals surface area contributed by atoms with Gasteiger partial charge in [-0.25, -0.2) is 9.78 Å². The fourth-order valence-corrected chi connectivity index (χ4v) is 3.41. The third-order valence-electron chi connectivity index (χ3n) is 4.87. The van der Waals surface area contributed by atoms with Crippen LogP contribution in [-0.2, 0) is 13.1 Å². The number of imidazole rings is 1. The van der Waals surface area contributed by atoms with Crippen LogP contribution >= 0.6 is 0 Å². The normalized spacial score (nSPS) is 16.2. The molecule has 6 heteroatoms. The third kappa shape index (κ3) is 3.76. The molecule has 0 saturated carbocycles. The Morgan fingerprint density at radius 2 is 1.65 bits per heavy atom. The molecular formula is C20H22N4O2. The lowest BCUT2D eigenvalue weighted by Gasteiger charge is -2.34. The molecule has 1 fully saturated rings. The Labute approximate surface area is 152 Å². The molecule has 0 amide bonds. The van der Waals surface area contributed by atoms with Crippen LogP contribution in [0.5, 0.6) is 0 Å². The molecule has 0 aliphatic carbocycles. The summed E-state index contributed by atoms with van der Waals surface area (Å²) in [5.74, 6) is -0.878. The summed E-state index contributed by atoms with van der Waals surface area (Å²) in [7, 11) is 0. The quantitative estimate of drug-likeness (QED) is 0.765. The van der Waals surface area contributed by atoms with E-state index in [4.69, 9.17) is 5.11 Å². The summed E-state index contributed by atoms with van der Waals surface area (Å²) in [6.07, 6.45) is 4.13. The molecule has 0 spiro atoms. The summed E-state index contributed by atoms with van der Waals surface area (Å²) in [5, 5.41) is 8.97. The Kier molecular flexibility index (Phi) is 4.69. The van der Waals surface area contributed by atoms with Gasteiger partial charge in [-0.3, -0.25) is 9.80 Å². The number of aromatic carboxylic acids is 1. The standard InChI is InChI=1S/C20H22N4O2/c25-20(26)17-6-4-16(5-7-17)13-22-9-11-23(12-10-22)14-18-15-24-8-2-1-3-19(24)21-18/h1-8,15H,9-14H2,(H,25,26). The maximum absolute atomic E-state index is 10.9. The minimum atomic E-state index is -0.878. The molecule has 4 rings (SSSR count). The molecule has 1 aliphatic rings. The van der Waals surface area contributed by atoms with Crippen LogP contribution in [0.2, 0.25) is 0 Å². The maximum Gasteiger partial charge on any atom is 0.335 e. The lowest BCUT2D eigenvalue weighted by Crippen LogP contribution is -2.45. The SMILES string of the molecule is O=C(O)c1ccc(CN2CCN(Cc3cn4ccccc4n3)CC2)cc1. The fraction of sp³-hybridized carbons (Fsp3) is 0.300. The van der Waals surface area contributed by atoms with Crippen molar-refractivity contribution in [1.82, 2.24) is 19.2 Å². The summed E-state index contributed by atoms with van der Waals surface area (Å²) in [5.41, 5.74) is 3.59. The van der Waals surface area contributed by atoms with E-state index in [-0.39, 0.29) is 0 Å². The van der Waals surface area contributed by atoms with Gasteiger partial charge in [-0.1, -0.05) is 18.2 Å². The average molecular weight is 350 g/mol. The highest BCUT2D eigenvalue weighted by molar-refractivity contribution is 5.87. The summed E-state index contributed by atoms with van der Waals surface area (Å²) >= 11 is 0. The van der Waals surface area contributed by atoms with Gasteiger partial charge in [0.2, 0.25) is 0 Å². The number of pyridine rings is 1. The van der Waals surface area contributed by atoms with Crippen LogP contribution in [0.1, 0.15) is 21.6 Å². The molecule has 1 aromatic carbocycles. The summed E-state index contributed by atoms with van der Waals surface area (Å²) in [4.78, 5) is 20.4. The lowest BCUT2D eigenvalue weighted by molar-refractivity contribution is 0.0697. The smallest absolute Gasteiger partial charge is 0.335 e. The van der Waals surface area contributed by atoms with Crippen LogP contribution in [-0.4, -0.2) is 56.4 Å². The Balaban J connectivity index is 1.30. The number of carboxylic acids is 1. The van der Waals surface area contributed by atoms with Gasteiger partial charge < -0.3 is 9.51 Å². The van der Waals surface area contributed by atoms with Crippen molar-refractivity contribution in [3.05, 3.63) is 71.7 Å². The molecule has 3 aromatic rings. The number of fused-ring (bicyclic) bond motifs is 1. The summed E-state index contributed by atoms with van der Waals surface area (Å²) in [6.45, 7) is 5.79. The Morgan fingerprint density at radius 1 is 0.962 bits per heavy atom. The monoisotopic (exact) mass is 350 g/mol. The van der Waals surface area contributed by atoms with Crippen LogP contribution in [0.15, 0.2) is 54.9 Å². The predicted octanol–water partition coefficient (Wildman–Crippen LogP) is 2.35. The minimum absolute atomic E-state index is 0.339. The van der Waals surface area contributed by atoms with Crippen LogP contribution < -0.4 is 0 Å².